The summed E-state index contributed by atoms with van der Waals surface area (Å²) in [6.45, 7) is 4.42. The van der Waals surface area contributed by atoms with Gasteiger partial charge in [-0.3, -0.25) is 4.79 Å². The van der Waals surface area contributed by atoms with E-state index in [4.69, 9.17) is 0 Å². The fourth-order valence-electron chi connectivity index (χ4n) is 1.87. The van der Waals surface area contributed by atoms with Crippen LogP contribution in [0.15, 0.2) is 18.3 Å². The number of amides is 1. The van der Waals surface area contributed by atoms with Gasteiger partial charge in [-0.1, -0.05) is 26.7 Å². The van der Waals surface area contributed by atoms with Gasteiger partial charge in [-0.25, -0.2) is 4.98 Å². The summed E-state index contributed by atoms with van der Waals surface area (Å²) in [7, 11) is 3.63. The molecule has 0 atom stereocenters. The molecule has 1 aromatic heterocycles. The number of hydrogen-bond acceptors (Lipinski definition) is 3. The van der Waals surface area contributed by atoms with Gasteiger partial charge in [0.1, 0.15) is 5.82 Å². The van der Waals surface area contributed by atoms with Crippen LogP contribution in [-0.4, -0.2) is 25.0 Å². The van der Waals surface area contributed by atoms with E-state index in [1.54, 1.807) is 18.1 Å². The quantitative estimate of drug-likeness (QED) is 0.768. The van der Waals surface area contributed by atoms with Crippen molar-refractivity contribution in [1.29, 1.82) is 0 Å². The minimum atomic E-state index is 0.155. The van der Waals surface area contributed by atoms with Gasteiger partial charge in [0.25, 0.3) is 0 Å². The highest BCUT2D eigenvalue weighted by atomic mass is 16.2. The number of unbranched alkanes of at least 4 members (excludes halogenated alkanes) is 1. The Labute approximate surface area is 116 Å². The maximum absolute atomic E-state index is 12.0. The van der Waals surface area contributed by atoms with Crippen molar-refractivity contribution in [1.82, 2.24) is 4.98 Å². The van der Waals surface area contributed by atoms with E-state index in [1.807, 2.05) is 19.2 Å². The highest BCUT2D eigenvalue weighted by molar-refractivity contribution is 5.92. The minimum Gasteiger partial charge on any atom is -0.373 e. The van der Waals surface area contributed by atoms with Crippen LogP contribution in [0.3, 0.4) is 0 Å². The van der Waals surface area contributed by atoms with Crippen LogP contribution in [0.25, 0.3) is 0 Å². The summed E-state index contributed by atoms with van der Waals surface area (Å²) in [5.74, 6) is 1.68. The van der Waals surface area contributed by atoms with E-state index in [-0.39, 0.29) is 5.91 Å². The molecule has 1 aromatic rings. The first-order valence-electron chi connectivity index (χ1n) is 6.95. The lowest BCUT2D eigenvalue weighted by atomic mass is 10.1. The van der Waals surface area contributed by atoms with E-state index >= 15 is 0 Å². The number of rotatable bonds is 7. The van der Waals surface area contributed by atoms with Gasteiger partial charge in [-0.2, -0.15) is 0 Å². The Morgan fingerprint density at radius 2 is 2.11 bits per heavy atom. The fourth-order valence-corrected chi connectivity index (χ4v) is 1.87. The first-order chi connectivity index (χ1) is 9.04. The van der Waals surface area contributed by atoms with Gasteiger partial charge in [0.2, 0.25) is 5.91 Å². The first-order valence-corrected chi connectivity index (χ1v) is 6.95. The Bertz CT molecular complexity index is 387. The second-order valence-electron chi connectivity index (χ2n) is 5.24. The molecule has 0 unspecified atom stereocenters. The van der Waals surface area contributed by atoms with E-state index < -0.39 is 0 Å². The highest BCUT2D eigenvalue weighted by Crippen LogP contribution is 2.16. The molecule has 0 radical (unpaired) electrons. The number of aromatic nitrogens is 1. The number of nitrogens with one attached hydrogen (secondary N) is 1. The van der Waals surface area contributed by atoms with E-state index in [0.717, 1.165) is 24.3 Å². The fraction of sp³-hybridized carbons (Fsp3) is 0.600. The Morgan fingerprint density at radius 1 is 1.37 bits per heavy atom. The predicted octanol–water partition coefficient (Wildman–Crippen LogP) is 3.30. The lowest BCUT2D eigenvalue weighted by Crippen LogP contribution is -2.25. The number of hydrogen-bond donors (Lipinski definition) is 1. The Morgan fingerprint density at radius 3 is 2.63 bits per heavy atom. The molecular formula is C15H25N3O. The zero-order valence-electron chi connectivity index (χ0n) is 12.4. The lowest BCUT2D eigenvalue weighted by molar-refractivity contribution is -0.118. The molecular weight excluding hydrogens is 238 g/mol. The number of nitrogens with zero attached hydrogens (tertiary/aromatic N) is 2. The first kappa shape index (κ1) is 15.5. The highest BCUT2D eigenvalue weighted by Gasteiger charge is 2.10. The zero-order chi connectivity index (χ0) is 14.3. The van der Waals surface area contributed by atoms with Crippen LogP contribution < -0.4 is 10.2 Å². The number of anilines is 2. The van der Waals surface area contributed by atoms with Gasteiger partial charge in [0.15, 0.2) is 0 Å². The molecule has 0 saturated carbocycles. The zero-order valence-corrected chi connectivity index (χ0v) is 12.4. The van der Waals surface area contributed by atoms with E-state index in [1.165, 1.54) is 6.42 Å². The Hall–Kier alpha value is -1.58. The van der Waals surface area contributed by atoms with Crippen molar-refractivity contribution < 1.29 is 4.79 Å². The molecule has 0 fully saturated rings. The van der Waals surface area contributed by atoms with Crippen LogP contribution in [-0.2, 0) is 4.79 Å². The molecule has 1 amide bonds. The third kappa shape index (κ3) is 5.28. The maximum Gasteiger partial charge on any atom is 0.226 e. The van der Waals surface area contributed by atoms with E-state index in [9.17, 15) is 4.79 Å². The number of carbonyl (C=O) groups is 1. The average molecular weight is 263 g/mol. The van der Waals surface area contributed by atoms with E-state index in [0.29, 0.717) is 12.3 Å². The van der Waals surface area contributed by atoms with Crippen LogP contribution in [0.1, 0.15) is 39.5 Å². The lowest BCUT2D eigenvalue weighted by Gasteiger charge is -2.17. The predicted molar refractivity (Wildman–Crippen MR) is 80.5 cm³/mol. The van der Waals surface area contributed by atoms with Crippen molar-refractivity contribution in [2.24, 2.45) is 5.92 Å². The summed E-state index contributed by atoms with van der Waals surface area (Å²) in [6.07, 6.45) is 5.60. The SMILES string of the molecule is CNc1ccc(N(C)C(=O)CCCCC(C)C)cn1. The second-order valence-corrected chi connectivity index (χ2v) is 5.24. The van der Waals surface area contributed by atoms with Crippen molar-refractivity contribution in [3.05, 3.63) is 18.3 Å². The molecule has 1 heterocycles. The van der Waals surface area contributed by atoms with Crippen LogP contribution in [0.4, 0.5) is 11.5 Å². The normalized spacial score (nSPS) is 10.6. The van der Waals surface area contributed by atoms with Gasteiger partial charge in [-0.05, 0) is 24.5 Å². The van der Waals surface area contributed by atoms with Crippen molar-refractivity contribution in [2.45, 2.75) is 39.5 Å². The topological polar surface area (TPSA) is 45.2 Å². The van der Waals surface area contributed by atoms with Crippen LogP contribution in [0.2, 0.25) is 0 Å². The monoisotopic (exact) mass is 263 g/mol. The molecule has 19 heavy (non-hydrogen) atoms. The van der Waals surface area contributed by atoms with E-state index in [2.05, 4.69) is 24.1 Å². The van der Waals surface area contributed by atoms with Crippen LogP contribution in [0.5, 0.6) is 0 Å². The summed E-state index contributed by atoms with van der Waals surface area (Å²) in [6, 6.07) is 3.78. The maximum atomic E-state index is 12.0. The Kier molecular flexibility index (Phi) is 6.33. The smallest absolute Gasteiger partial charge is 0.226 e. The summed E-state index contributed by atoms with van der Waals surface area (Å²) in [5, 5.41) is 2.96. The Balaban J connectivity index is 2.42. The van der Waals surface area contributed by atoms with Crippen molar-refractivity contribution >= 4 is 17.4 Å². The molecule has 0 aromatic carbocycles. The minimum absolute atomic E-state index is 0.155. The molecule has 1 rings (SSSR count). The van der Waals surface area contributed by atoms with Gasteiger partial charge in [0.05, 0.1) is 11.9 Å². The van der Waals surface area contributed by atoms with Crippen LogP contribution in [0, 0.1) is 5.92 Å². The van der Waals surface area contributed by atoms with Gasteiger partial charge < -0.3 is 10.2 Å². The third-order valence-corrected chi connectivity index (χ3v) is 3.19. The summed E-state index contributed by atoms with van der Waals surface area (Å²) < 4.78 is 0. The molecule has 0 aliphatic carbocycles. The standard InChI is InChI=1S/C15H25N3O/c1-12(2)7-5-6-8-15(19)18(4)13-9-10-14(16-3)17-11-13/h9-12H,5-8H2,1-4H3,(H,16,17). The molecule has 0 saturated heterocycles. The summed E-state index contributed by atoms with van der Waals surface area (Å²) in [5.41, 5.74) is 0.841. The van der Waals surface area contributed by atoms with Gasteiger partial charge in [0, 0.05) is 20.5 Å². The van der Waals surface area contributed by atoms with Gasteiger partial charge >= 0.3 is 0 Å². The largest absolute Gasteiger partial charge is 0.373 e. The molecule has 106 valence electrons. The molecule has 0 bridgehead atoms. The van der Waals surface area contributed by atoms with Crippen molar-refractivity contribution in [2.75, 3.05) is 24.3 Å². The molecule has 0 spiro atoms. The summed E-state index contributed by atoms with van der Waals surface area (Å²) in [4.78, 5) is 17.9. The molecule has 4 nitrogen and oxygen atoms in total. The van der Waals surface area contributed by atoms with Gasteiger partial charge in [-0.15, -0.1) is 0 Å². The molecule has 0 aliphatic rings. The third-order valence-electron chi connectivity index (χ3n) is 3.19. The van der Waals surface area contributed by atoms with Crippen molar-refractivity contribution in [3.8, 4) is 0 Å². The van der Waals surface area contributed by atoms with Crippen molar-refractivity contribution in [3.63, 3.8) is 0 Å². The summed E-state index contributed by atoms with van der Waals surface area (Å²) >= 11 is 0. The number of pyridine rings is 1. The average Bonchev–Trinajstić information content (AvgIpc) is 2.42. The van der Waals surface area contributed by atoms with Crippen LogP contribution >= 0.6 is 0 Å². The molecule has 1 N–H and O–H groups in total. The molecule has 0 aliphatic heterocycles. The molecule has 4 heteroatoms. The number of carbonyl (C=O) groups excluding carboxylic acids is 1. The second kappa shape index (κ2) is 7.77.